The molecule has 0 amide bonds. The van der Waals surface area contributed by atoms with Gasteiger partial charge in [-0.05, 0) is 36.2 Å². The highest BCUT2D eigenvalue weighted by Gasteiger charge is 2.19. The van der Waals surface area contributed by atoms with Crippen LogP contribution in [0.5, 0.6) is 0 Å². The highest BCUT2D eigenvalue weighted by atomic mass is 19.1. The van der Waals surface area contributed by atoms with E-state index >= 15 is 0 Å². The number of aromatic nitrogens is 3. The number of pyridine rings is 1. The molecule has 0 fully saturated rings. The number of nitrogen functional groups attached to an aromatic ring is 1. The highest BCUT2D eigenvalue weighted by Crippen LogP contribution is 2.36. The number of nitrogens with two attached hydrogens (primary N) is 1. The van der Waals surface area contributed by atoms with Crippen molar-refractivity contribution in [1.82, 2.24) is 15.0 Å². The molecule has 2 heterocycles. The SMILES string of the molecule is CC(Nc1ncnc(N)c1C#N)c1cnc2ccc(F)cc2c1-c1ccccc1. The van der Waals surface area contributed by atoms with Gasteiger partial charge < -0.3 is 11.1 Å². The van der Waals surface area contributed by atoms with Crippen LogP contribution in [-0.2, 0) is 0 Å². The topological polar surface area (TPSA) is 101 Å². The Bertz CT molecular complexity index is 1230. The number of fused-ring (bicyclic) bond motifs is 1. The van der Waals surface area contributed by atoms with E-state index in [1.54, 1.807) is 12.3 Å². The maximum Gasteiger partial charge on any atom is 0.150 e. The van der Waals surface area contributed by atoms with Crippen molar-refractivity contribution in [2.75, 3.05) is 11.1 Å². The smallest absolute Gasteiger partial charge is 0.150 e. The van der Waals surface area contributed by atoms with Gasteiger partial charge in [-0.3, -0.25) is 4.98 Å². The number of rotatable bonds is 4. The summed E-state index contributed by atoms with van der Waals surface area (Å²) in [5.74, 6) is 0.120. The number of benzene rings is 2. The van der Waals surface area contributed by atoms with Crippen molar-refractivity contribution in [2.45, 2.75) is 13.0 Å². The quantitative estimate of drug-likeness (QED) is 0.539. The van der Waals surface area contributed by atoms with E-state index in [-0.39, 0.29) is 23.2 Å². The van der Waals surface area contributed by atoms with Crippen LogP contribution in [0, 0.1) is 17.1 Å². The van der Waals surface area contributed by atoms with Crippen LogP contribution in [0.1, 0.15) is 24.1 Å². The first kappa shape index (κ1) is 18.3. The monoisotopic (exact) mass is 384 g/mol. The summed E-state index contributed by atoms with van der Waals surface area (Å²) >= 11 is 0. The van der Waals surface area contributed by atoms with Gasteiger partial charge in [0.25, 0.3) is 0 Å². The van der Waals surface area contributed by atoms with Crippen LogP contribution in [0.3, 0.4) is 0 Å². The molecule has 29 heavy (non-hydrogen) atoms. The minimum Gasteiger partial charge on any atom is -0.382 e. The molecular weight excluding hydrogens is 367 g/mol. The van der Waals surface area contributed by atoms with Crippen molar-refractivity contribution >= 4 is 22.5 Å². The Morgan fingerprint density at radius 1 is 1.10 bits per heavy atom. The lowest BCUT2D eigenvalue weighted by Crippen LogP contribution is -2.12. The van der Waals surface area contributed by atoms with Crippen LogP contribution in [0.4, 0.5) is 16.0 Å². The standard InChI is InChI=1S/C22H17FN6/c1-13(29-22-17(10-24)21(25)27-12-28-22)18-11-26-19-8-7-15(23)9-16(19)20(18)14-5-3-2-4-6-14/h2-9,11-13H,1H3,(H3,25,27,28,29). The molecule has 142 valence electrons. The van der Waals surface area contributed by atoms with E-state index in [1.807, 2.05) is 43.3 Å². The largest absolute Gasteiger partial charge is 0.382 e. The molecule has 0 spiro atoms. The molecule has 0 saturated carbocycles. The van der Waals surface area contributed by atoms with Crippen LogP contribution < -0.4 is 11.1 Å². The van der Waals surface area contributed by atoms with Gasteiger partial charge >= 0.3 is 0 Å². The van der Waals surface area contributed by atoms with E-state index in [2.05, 4.69) is 20.3 Å². The second-order valence-corrected chi connectivity index (χ2v) is 6.58. The molecule has 4 rings (SSSR count). The summed E-state index contributed by atoms with van der Waals surface area (Å²) in [4.78, 5) is 12.5. The van der Waals surface area contributed by atoms with Crippen molar-refractivity contribution in [3.8, 4) is 17.2 Å². The Hall–Kier alpha value is -4.05. The predicted octanol–water partition coefficient (Wildman–Crippen LogP) is 4.46. The van der Waals surface area contributed by atoms with Crippen LogP contribution in [0.25, 0.3) is 22.0 Å². The van der Waals surface area contributed by atoms with Crippen molar-refractivity contribution in [1.29, 1.82) is 5.26 Å². The number of halogens is 1. The third-order valence-corrected chi connectivity index (χ3v) is 4.73. The molecule has 0 saturated heterocycles. The number of nitriles is 1. The van der Waals surface area contributed by atoms with Crippen molar-refractivity contribution in [3.05, 3.63) is 78.0 Å². The first-order valence-electron chi connectivity index (χ1n) is 8.99. The van der Waals surface area contributed by atoms with Crippen LogP contribution in [0.15, 0.2) is 61.1 Å². The molecule has 6 nitrogen and oxygen atoms in total. The van der Waals surface area contributed by atoms with Crippen molar-refractivity contribution in [3.63, 3.8) is 0 Å². The summed E-state index contributed by atoms with van der Waals surface area (Å²) in [6, 6.07) is 16.0. The summed E-state index contributed by atoms with van der Waals surface area (Å²) < 4.78 is 14.0. The molecular formula is C22H17FN6. The number of nitrogens with one attached hydrogen (secondary N) is 1. The molecule has 1 unspecified atom stereocenters. The van der Waals surface area contributed by atoms with Crippen LogP contribution >= 0.6 is 0 Å². The van der Waals surface area contributed by atoms with E-state index in [0.29, 0.717) is 16.7 Å². The molecule has 3 N–H and O–H groups in total. The summed E-state index contributed by atoms with van der Waals surface area (Å²) in [5.41, 5.74) is 9.33. The Balaban J connectivity index is 1.88. The van der Waals surface area contributed by atoms with Gasteiger partial charge in [-0.25, -0.2) is 14.4 Å². The van der Waals surface area contributed by atoms with Gasteiger partial charge in [0.05, 0.1) is 11.6 Å². The van der Waals surface area contributed by atoms with Gasteiger partial charge in [0.15, 0.2) is 0 Å². The average molecular weight is 384 g/mol. The van der Waals surface area contributed by atoms with Gasteiger partial charge in [0, 0.05) is 17.1 Å². The predicted molar refractivity (Wildman–Crippen MR) is 110 cm³/mol. The molecule has 2 aromatic heterocycles. The summed E-state index contributed by atoms with van der Waals surface area (Å²) in [6.45, 7) is 1.92. The molecule has 0 aliphatic rings. The maximum atomic E-state index is 14.0. The van der Waals surface area contributed by atoms with Gasteiger partial charge in [-0.15, -0.1) is 0 Å². The average Bonchev–Trinajstić information content (AvgIpc) is 2.73. The first-order chi connectivity index (χ1) is 14.1. The zero-order valence-corrected chi connectivity index (χ0v) is 15.6. The molecule has 0 aliphatic heterocycles. The lowest BCUT2D eigenvalue weighted by Gasteiger charge is -2.20. The molecule has 1 atom stereocenters. The zero-order chi connectivity index (χ0) is 20.4. The zero-order valence-electron chi connectivity index (χ0n) is 15.6. The second kappa shape index (κ2) is 7.52. The lowest BCUT2D eigenvalue weighted by atomic mass is 9.93. The third kappa shape index (κ3) is 3.44. The summed E-state index contributed by atoms with van der Waals surface area (Å²) in [7, 11) is 0. The molecule has 7 heteroatoms. The first-order valence-corrected chi connectivity index (χ1v) is 8.99. The fraction of sp³-hybridized carbons (Fsp3) is 0.0909. The molecule has 0 radical (unpaired) electrons. The van der Waals surface area contributed by atoms with Crippen molar-refractivity contribution in [2.24, 2.45) is 0 Å². The summed E-state index contributed by atoms with van der Waals surface area (Å²) in [6.07, 6.45) is 3.06. The normalized spacial score (nSPS) is 11.8. The Labute approximate surface area is 166 Å². The molecule has 2 aromatic carbocycles. The second-order valence-electron chi connectivity index (χ2n) is 6.58. The lowest BCUT2D eigenvalue weighted by molar-refractivity contribution is 0.629. The number of nitrogens with zero attached hydrogens (tertiary/aromatic N) is 4. The van der Waals surface area contributed by atoms with Crippen molar-refractivity contribution < 1.29 is 4.39 Å². The van der Waals surface area contributed by atoms with E-state index < -0.39 is 0 Å². The Kier molecular flexibility index (Phi) is 4.75. The van der Waals surface area contributed by atoms with Gasteiger partial charge in [0.2, 0.25) is 0 Å². The van der Waals surface area contributed by atoms with Gasteiger partial charge in [0.1, 0.15) is 35.4 Å². The van der Waals surface area contributed by atoms with Gasteiger partial charge in [-0.2, -0.15) is 5.26 Å². The highest BCUT2D eigenvalue weighted by molar-refractivity contribution is 5.96. The minimum atomic E-state index is -0.329. The number of hydrogen-bond donors (Lipinski definition) is 2. The third-order valence-electron chi connectivity index (χ3n) is 4.73. The number of anilines is 2. The fourth-order valence-electron chi connectivity index (χ4n) is 3.34. The Morgan fingerprint density at radius 3 is 2.66 bits per heavy atom. The van der Waals surface area contributed by atoms with E-state index in [4.69, 9.17) is 5.73 Å². The van der Waals surface area contributed by atoms with Crippen LogP contribution in [0.2, 0.25) is 0 Å². The van der Waals surface area contributed by atoms with Crippen LogP contribution in [-0.4, -0.2) is 15.0 Å². The molecule has 4 aromatic rings. The van der Waals surface area contributed by atoms with Gasteiger partial charge in [-0.1, -0.05) is 30.3 Å². The minimum absolute atomic E-state index is 0.110. The Morgan fingerprint density at radius 2 is 1.90 bits per heavy atom. The molecule has 0 aliphatic carbocycles. The maximum absolute atomic E-state index is 14.0. The van der Waals surface area contributed by atoms with E-state index in [0.717, 1.165) is 16.7 Å². The molecule has 0 bridgehead atoms. The summed E-state index contributed by atoms with van der Waals surface area (Å²) in [5, 5.41) is 13.3. The fourth-order valence-corrected chi connectivity index (χ4v) is 3.34. The van der Waals surface area contributed by atoms with E-state index in [9.17, 15) is 9.65 Å². The van der Waals surface area contributed by atoms with E-state index in [1.165, 1.54) is 18.5 Å². The number of hydrogen-bond acceptors (Lipinski definition) is 6.